The largest absolute Gasteiger partial charge is 0.497 e. The van der Waals surface area contributed by atoms with Crippen molar-refractivity contribution in [2.24, 2.45) is 0 Å². The van der Waals surface area contributed by atoms with Crippen LogP contribution in [-0.4, -0.2) is 29.9 Å². The van der Waals surface area contributed by atoms with E-state index >= 15 is 0 Å². The Bertz CT molecular complexity index is 865. The standard InChI is InChI=1S/C21H22N2O3/c1-13(2)23-20(24)18(15-7-11-17(26-4)12-8-15)19(21(23)25)22-16-9-5-14(3)6-10-16/h5-13,22H,1-4H3. The Balaban J connectivity index is 2.07. The molecule has 0 aliphatic carbocycles. The topological polar surface area (TPSA) is 58.6 Å². The van der Waals surface area contributed by atoms with Crippen molar-refractivity contribution in [1.29, 1.82) is 0 Å². The Morgan fingerprint density at radius 3 is 2.08 bits per heavy atom. The molecule has 0 bridgehead atoms. The van der Waals surface area contributed by atoms with E-state index in [-0.39, 0.29) is 17.9 Å². The molecule has 1 N–H and O–H groups in total. The lowest BCUT2D eigenvalue weighted by molar-refractivity contribution is -0.138. The molecule has 0 radical (unpaired) electrons. The van der Waals surface area contributed by atoms with E-state index in [9.17, 15) is 9.59 Å². The predicted molar refractivity (Wildman–Crippen MR) is 102 cm³/mol. The number of methoxy groups -OCH3 is 1. The molecular formula is C21H22N2O3. The van der Waals surface area contributed by atoms with Crippen molar-refractivity contribution in [2.45, 2.75) is 26.8 Å². The SMILES string of the molecule is COc1ccc(C2=C(Nc3ccc(C)cc3)C(=O)N(C(C)C)C2=O)cc1. The number of ether oxygens (including phenoxy) is 1. The molecular weight excluding hydrogens is 328 g/mol. The van der Waals surface area contributed by atoms with Gasteiger partial charge in [-0.3, -0.25) is 14.5 Å². The lowest BCUT2D eigenvalue weighted by Crippen LogP contribution is -2.38. The van der Waals surface area contributed by atoms with Crippen LogP contribution in [-0.2, 0) is 9.59 Å². The summed E-state index contributed by atoms with van der Waals surface area (Å²) in [6.07, 6.45) is 0. The highest BCUT2D eigenvalue weighted by atomic mass is 16.5. The zero-order valence-corrected chi connectivity index (χ0v) is 15.4. The van der Waals surface area contributed by atoms with Gasteiger partial charge in [0, 0.05) is 11.7 Å². The van der Waals surface area contributed by atoms with Crippen LogP contribution in [0.15, 0.2) is 54.2 Å². The van der Waals surface area contributed by atoms with Crippen LogP contribution in [0.5, 0.6) is 5.75 Å². The maximum atomic E-state index is 12.9. The lowest BCUT2D eigenvalue weighted by Gasteiger charge is -2.19. The van der Waals surface area contributed by atoms with E-state index in [1.165, 1.54) is 4.90 Å². The van der Waals surface area contributed by atoms with Crippen LogP contribution in [0.4, 0.5) is 5.69 Å². The summed E-state index contributed by atoms with van der Waals surface area (Å²) in [6.45, 7) is 5.66. The number of amides is 2. The number of aryl methyl sites for hydroxylation is 1. The van der Waals surface area contributed by atoms with Gasteiger partial charge >= 0.3 is 0 Å². The highest BCUT2D eigenvalue weighted by molar-refractivity contribution is 6.36. The maximum Gasteiger partial charge on any atom is 0.278 e. The molecule has 134 valence electrons. The fourth-order valence-corrected chi connectivity index (χ4v) is 2.94. The van der Waals surface area contributed by atoms with Crippen LogP contribution in [0.1, 0.15) is 25.0 Å². The summed E-state index contributed by atoms with van der Waals surface area (Å²) >= 11 is 0. The van der Waals surface area contributed by atoms with E-state index in [4.69, 9.17) is 4.74 Å². The maximum absolute atomic E-state index is 12.9. The third kappa shape index (κ3) is 3.20. The number of imide groups is 1. The molecule has 0 aromatic heterocycles. The van der Waals surface area contributed by atoms with E-state index in [1.54, 1.807) is 31.4 Å². The molecule has 0 saturated carbocycles. The van der Waals surface area contributed by atoms with Gasteiger partial charge in [-0.15, -0.1) is 0 Å². The zero-order chi connectivity index (χ0) is 18.8. The van der Waals surface area contributed by atoms with Gasteiger partial charge in [0.1, 0.15) is 11.4 Å². The summed E-state index contributed by atoms with van der Waals surface area (Å²) in [5.74, 6) is 0.0982. The Kier molecular flexibility index (Phi) is 4.80. The predicted octanol–water partition coefficient (Wildman–Crippen LogP) is 3.60. The average molecular weight is 350 g/mol. The van der Waals surface area contributed by atoms with Gasteiger partial charge in [0.2, 0.25) is 0 Å². The second kappa shape index (κ2) is 7.04. The smallest absolute Gasteiger partial charge is 0.278 e. The number of carbonyl (C=O) groups excluding carboxylic acids is 2. The van der Waals surface area contributed by atoms with Gasteiger partial charge in [-0.1, -0.05) is 29.8 Å². The second-order valence-corrected chi connectivity index (χ2v) is 6.54. The Labute approximate surface area is 153 Å². The van der Waals surface area contributed by atoms with Gasteiger partial charge in [0.05, 0.1) is 12.7 Å². The normalized spacial score (nSPS) is 14.4. The fourth-order valence-electron chi connectivity index (χ4n) is 2.94. The molecule has 0 unspecified atom stereocenters. The van der Waals surface area contributed by atoms with Gasteiger partial charge < -0.3 is 10.1 Å². The number of nitrogens with one attached hydrogen (secondary N) is 1. The van der Waals surface area contributed by atoms with Crippen molar-refractivity contribution < 1.29 is 14.3 Å². The molecule has 5 nitrogen and oxygen atoms in total. The van der Waals surface area contributed by atoms with Gasteiger partial charge in [-0.25, -0.2) is 0 Å². The summed E-state index contributed by atoms with van der Waals surface area (Å²) < 4.78 is 5.18. The van der Waals surface area contributed by atoms with Crippen molar-refractivity contribution in [2.75, 3.05) is 12.4 Å². The van der Waals surface area contributed by atoms with Crippen LogP contribution >= 0.6 is 0 Å². The van der Waals surface area contributed by atoms with Gasteiger partial charge in [-0.2, -0.15) is 0 Å². The summed E-state index contributed by atoms with van der Waals surface area (Å²) in [5.41, 5.74) is 3.26. The van der Waals surface area contributed by atoms with E-state index in [2.05, 4.69) is 5.32 Å². The van der Waals surface area contributed by atoms with Crippen molar-refractivity contribution >= 4 is 23.1 Å². The minimum atomic E-state index is -0.309. The van der Waals surface area contributed by atoms with E-state index in [0.717, 1.165) is 11.3 Å². The number of carbonyl (C=O) groups is 2. The highest BCUT2D eigenvalue weighted by Gasteiger charge is 2.40. The van der Waals surface area contributed by atoms with Crippen LogP contribution in [0.25, 0.3) is 5.57 Å². The first-order valence-electron chi connectivity index (χ1n) is 8.52. The number of anilines is 1. The van der Waals surface area contributed by atoms with Crippen molar-refractivity contribution in [3.63, 3.8) is 0 Å². The minimum absolute atomic E-state index is 0.222. The van der Waals surface area contributed by atoms with Crippen molar-refractivity contribution in [1.82, 2.24) is 4.90 Å². The minimum Gasteiger partial charge on any atom is -0.497 e. The lowest BCUT2D eigenvalue weighted by atomic mass is 10.0. The quantitative estimate of drug-likeness (QED) is 0.837. The number of hydrogen-bond acceptors (Lipinski definition) is 4. The monoisotopic (exact) mass is 350 g/mol. The first-order valence-corrected chi connectivity index (χ1v) is 8.52. The van der Waals surface area contributed by atoms with E-state index in [0.29, 0.717) is 22.6 Å². The summed E-state index contributed by atoms with van der Waals surface area (Å²) in [5, 5.41) is 3.15. The third-order valence-electron chi connectivity index (χ3n) is 4.33. The van der Waals surface area contributed by atoms with Crippen LogP contribution in [0.2, 0.25) is 0 Å². The van der Waals surface area contributed by atoms with E-state index < -0.39 is 0 Å². The van der Waals surface area contributed by atoms with Gasteiger partial charge in [0.15, 0.2) is 0 Å². The Morgan fingerprint density at radius 1 is 0.923 bits per heavy atom. The van der Waals surface area contributed by atoms with Gasteiger partial charge in [-0.05, 0) is 50.6 Å². The van der Waals surface area contributed by atoms with Crippen LogP contribution in [0, 0.1) is 6.92 Å². The summed E-state index contributed by atoms with van der Waals surface area (Å²) in [6, 6.07) is 14.6. The zero-order valence-electron chi connectivity index (χ0n) is 15.4. The molecule has 2 amide bonds. The number of hydrogen-bond donors (Lipinski definition) is 1. The van der Waals surface area contributed by atoms with Crippen LogP contribution < -0.4 is 10.1 Å². The molecule has 5 heteroatoms. The average Bonchev–Trinajstić information content (AvgIpc) is 2.87. The number of nitrogens with zero attached hydrogens (tertiary/aromatic N) is 1. The molecule has 1 aliphatic heterocycles. The molecule has 1 heterocycles. The van der Waals surface area contributed by atoms with Crippen molar-refractivity contribution in [3.05, 3.63) is 65.4 Å². The molecule has 0 saturated heterocycles. The highest BCUT2D eigenvalue weighted by Crippen LogP contribution is 2.32. The Hall–Kier alpha value is -3.08. The summed E-state index contributed by atoms with van der Waals surface area (Å²) in [4.78, 5) is 27.1. The molecule has 1 aliphatic rings. The molecule has 0 spiro atoms. The molecule has 2 aromatic rings. The van der Waals surface area contributed by atoms with E-state index in [1.807, 2.05) is 45.0 Å². The molecule has 2 aromatic carbocycles. The molecule has 26 heavy (non-hydrogen) atoms. The first-order chi connectivity index (χ1) is 12.4. The number of rotatable bonds is 5. The van der Waals surface area contributed by atoms with Gasteiger partial charge in [0.25, 0.3) is 11.8 Å². The Morgan fingerprint density at radius 2 is 1.54 bits per heavy atom. The molecule has 0 fully saturated rings. The third-order valence-corrected chi connectivity index (χ3v) is 4.33. The fraction of sp³-hybridized carbons (Fsp3) is 0.238. The summed E-state index contributed by atoms with van der Waals surface area (Å²) in [7, 11) is 1.59. The second-order valence-electron chi connectivity index (χ2n) is 6.54. The molecule has 3 rings (SSSR count). The molecule has 0 atom stereocenters. The number of benzene rings is 2. The first kappa shape index (κ1) is 17.7. The van der Waals surface area contributed by atoms with Crippen molar-refractivity contribution in [3.8, 4) is 5.75 Å². The van der Waals surface area contributed by atoms with Crippen LogP contribution in [0.3, 0.4) is 0 Å².